The molecule has 4 rings (SSSR count). The van der Waals surface area contributed by atoms with Gasteiger partial charge >= 0.3 is 0 Å². The van der Waals surface area contributed by atoms with Gasteiger partial charge in [-0.2, -0.15) is 0 Å². The first-order valence-corrected chi connectivity index (χ1v) is 10.8. The summed E-state index contributed by atoms with van der Waals surface area (Å²) in [4.78, 5) is 26.1. The topological polar surface area (TPSA) is 49.3 Å². The molecule has 2 saturated heterocycles. The zero-order chi connectivity index (χ0) is 18.6. The van der Waals surface area contributed by atoms with E-state index >= 15 is 0 Å². The van der Waals surface area contributed by atoms with Gasteiger partial charge in [0.1, 0.15) is 5.82 Å². The number of benzene rings is 1. The molecule has 3 heterocycles. The monoisotopic (exact) mass is 382 g/mol. The van der Waals surface area contributed by atoms with Gasteiger partial charge in [-0.1, -0.05) is 23.9 Å². The standard InChI is InChI=1S/C21H26N4OS/c1-16-14-19(24-10-2-3-11-24)23-21(22-16)27-15-17-6-8-18(9-7-17)20(26)25-12-4-5-13-25/h6-9,14H,2-5,10-13,15H2,1H3. The van der Waals surface area contributed by atoms with Crippen LogP contribution in [0.2, 0.25) is 0 Å². The van der Waals surface area contributed by atoms with Crippen LogP contribution in [0.4, 0.5) is 5.82 Å². The molecule has 2 aliphatic heterocycles. The molecule has 1 aromatic carbocycles. The number of hydrogen-bond acceptors (Lipinski definition) is 5. The molecule has 0 aliphatic carbocycles. The van der Waals surface area contributed by atoms with Crippen LogP contribution in [0.15, 0.2) is 35.5 Å². The SMILES string of the molecule is Cc1cc(N2CCCC2)nc(SCc2ccc(C(=O)N3CCCC3)cc2)n1. The molecular weight excluding hydrogens is 356 g/mol. The van der Waals surface area contributed by atoms with E-state index in [-0.39, 0.29) is 5.91 Å². The zero-order valence-corrected chi connectivity index (χ0v) is 16.7. The summed E-state index contributed by atoms with van der Waals surface area (Å²) in [5.74, 6) is 2.01. The average molecular weight is 383 g/mol. The number of carbonyl (C=O) groups excluding carboxylic acids is 1. The lowest BCUT2D eigenvalue weighted by Crippen LogP contribution is -2.27. The number of hydrogen-bond donors (Lipinski definition) is 0. The van der Waals surface area contributed by atoms with E-state index in [1.807, 2.05) is 36.1 Å². The predicted octanol–water partition coefficient (Wildman–Crippen LogP) is 3.91. The number of likely N-dealkylation sites (tertiary alicyclic amines) is 1. The molecule has 0 bridgehead atoms. The Morgan fingerprint density at radius 3 is 2.37 bits per heavy atom. The minimum Gasteiger partial charge on any atom is -0.356 e. The van der Waals surface area contributed by atoms with Crippen LogP contribution in [0.3, 0.4) is 0 Å². The molecule has 0 unspecified atom stereocenters. The highest BCUT2D eigenvalue weighted by atomic mass is 32.2. The Hall–Kier alpha value is -2.08. The fourth-order valence-electron chi connectivity index (χ4n) is 3.69. The molecule has 27 heavy (non-hydrogen) atoms. The quantitative estimate of drug-likeness (QED) is 0.580. The summed E-state index contributed by atoms with van der Waals surface area (Å²) >= 11 is 1.66. The van der Waals surface area contributed by atoms with Crippen molar-refractivity contribution in [3.63, 3.8) is 0 Å². The van der Waals surface area contributed by atoms with E-state index in [0.717, 1.165) is 67.0 Å². The lowest BCUT2D eigenvalue weighted by Gasteiger charge is -2.17. The smallest absolute Gasteiger partial charge is 0.253 e. The maximum absolute atomic E-state index is 12.4. The fourth-order valence-corrected chi connectivity index (χ4v) is 4.55. The van der Waals surface area contributed by atoms with E-state index < -0.39 is 0 Å². The summed E-state index contributed by atoms with van der Waals surface area (Å²) < 4.78 is 0. The molecule has 1 aromatic heterocycles. The molecule has 2 aromatic rings. The van der Waals surface area contributed by atoms with Crippen LogP contribution >= 0.6 is 11.8 Å². The van der Waals surface area contributed by atoms with Crippen LogP contribution in [0, 0.1) is 6.92 Å². The van der Waals surface area contributed by atoms with Crippen molar-refractivity contribution in [3.05, 3.63) is 47.2 Å². The summed E-state index contributed by atoms with van der Waals surface area (Å²) in [5, 5.41) is 0.828. The van der Waals surface area contributed by atoms with Gasteiger partial charge in [-0.3, -0.25) is 4.79 Å². The van der Waals surface area contributed by atoms with Gasteiger partial charge in [0, 0.05) is 49.3 Å². The molecule has 6 heteroatoms. The molecule has 0 spiro atoms. The second-order valence-electron chi connectivity index (χ2n) is 7.33. The van der Waals surface area contributed by atoms with Gasteiger partial charge in [0.2, 0.25) is 0 Å². The van der Waals surface area contributed by atoms with Gasteiger partial charge in [-0.25, -0.2) is 9.97 Å². The highest BCUT2D eigenvalue weighted by Crippen LogP contribution is 2.25. The highest BCUT2D eigenvalue weighted by molar-refractivity contribution is 7.98. The molecule has 0 atom stereocenters. The third kappa shape index (κ3) is 4.43. The van der Waals surface area contributed by atoms with Crippen LogP contribution in [0.25, 0.3) is 0 Å². The van der Waals surface area contributed by atoms with Gasteiger partial charge in [-0.15, -0.1) is 0 Å². The Labute approximate surface area is 165 Å². The van der Waals surface area contributed by atoms with Crippen LogP contribution in [-0.2, 0) is 5.75 Å². The number of anilines is 1. The van der Waals surface area contributed by atoms with Crippen molar-refractivity contribution in [3.8, 4) is 0 Å². The Morgan fingerprint density at radius 2 is 1.67 bits per heavy atom. The Balaban J connectivity index is 1.39. The van der Waals surface area contributed by atoms with E-state index in [1.54, 1.807) is 11.8 Å². The Kier molecular flexibility index (Phi) is 5.62. The molecule has 1 amide bonds. The third-order valence-electron chi connectivity index (χ3n) is 5.21. The first-order chi connectivity index (χ1) is 13.2. The second-order valence-corrected chi connectivity index (χ2v) is 8.27. The van der Waals surface area contributed by atoms with Crippen molar-refractivity contribution >= 4 is 23.5 Å². The second kappa shape index (κ2) is 8.30. The van der Waals surface area contributed by atoms with Crippen LogP contribution in [0.1, 0.15) is 47.3 Å². The van der Waals surface area contributed by atoms with Gasteiger partial charge < -0.3 is 9.80 Å². The molecule has 2 aliphatic rings. The molecule has 142 valence electrons. The van der Waals surface area contributed by atoms with E-state index in [0.29, 0.717) is 0 Å². The minimum atomic E-state index is 0.156. The molecule has 0 N–H and O–H groups in total. The van der Waals surface area contributed by atoms with Crippen molar-refractivity contribution in [1.82, 2.24) is 14.9 Å². The largest absolute Gasteiger partial charge is 0.356 e. The minimum absolute atomic E-state index is 0.156. The molecule has 2 fully saturated rings. The number of nitrogens with zero attached hydrogens (tertiary/aromatic N) is 4. The number of thioether (sulfide) groups is 1. The molecule has 5 nitrogen and oxygen atoms in total. The van der Waals surface area contributed by atoms with Gasteiger partial charge in [0.05, 0.1) is 0 Å². The Bertz CT molecular complexity index is 796. The summed E-state index contributed by atoms with van der Waals surface area (Å²) in [5.41, 5.74) is 2.99. The van der Waals surface area contributed by atoms with E-state index in [2.05, 4.69) is 16.0 Å². The fraction of sp³-hybridized carbons (Fsp3) is 0.476. The third-order valence-corrected chi connectivity index (χ3v) is 6.13. The van der Waals surface area contributed by atoms with Crippen molar-refractivity contribution < 1.29 is 4.79 Å². The summed E-state index contributed by atoms with van der Waals surface area (Å²) in [6.45, 7) is 5.99. The van der Waals surface area contributed by atoms with Crippen molar-refractivity contribution in [2.75, 3.05) is 31.1 Å². The number of aromatic nitrogens is 2. The van der Waals surface area contributed by atoms with Gasteiger partial charge in [0.25, 0.3) is 5.91 Å². The lowest BCUT2D eigenvalue weighted by atomic mass is 10.1. The van der Waals surface area contributed by atoms with Crippen molar-refractivity contribution in [2.24, 2.45) is 0 Å². The van der Waals surface area contributed by atoms with Gasteiger partial charge in [0.15, 0.2) is 5.16 Å². The maximum Gasteiger partial charge on any atom is 0.253 e. The number of rotatable bonds is 5. The van der Waals surface area contributed by atoms with Crippen molar-refractivity contribution in [1.29, 1.82) is 0 Å². The first kappa shape index (κ1) is 18.3. The van der Waals surface area contributed by atoms with E-state index in [4.69, 9.17) is 4.98 Å². The van der Waals surface area contributed by atoms with Crippen LogP contribution < -0.4 is 4.90 Å². The number of aryl methyl sites for hydroxylation is 1. The highest BCUT2D eigenvalue weighted by Gasteiger charge is 2.19. The zero-order valence-electron chi connectivity index (χ0n) is 15.9. The summed E-state index contributed by atoms with van der Waals surface area (Å²) in [6, 6.07) is 10.1. The number of carbonyl (C=O) groups is 1. The van der Waals surface area contributed by atoms with Crippen LogP contribution in [0.5, 0.6) is 0 Å². The van der Waals surface area contributed by atoms with Gasteiger partial charge in [-0.05, 0) is 50.3 Å². The molecular formula is C21H26N4OS. The average Bonchev–Trinajstić information content (AvgIpc) is 3.40. The summed E-state index contributed by atoms with van der Waals surface area (Å²) in [6.07, 6.45) is 4.73. The summed E-state index contributed by atoms with van der Waals surface area (Å²) in [7, 11) is 0. The Morgan fingerprint density at radius 1 is 1.00 bits per heavy atom. The number of amides is 1. The first-order valence-electron chi connectivity index (χ1n) is 9.81. The molecule has 0 saturated carbocycles. The maximum atomic E-state index is 12.4. The van der Waals surface area contributed by atoms with Crippen molar-refractivity contribution in [2.45, 2.75) is 43.5 Å². The lowest BCUT2D eigenvalue weighted by molar-refractivity contribution is 0.0793. The molecule has 0 radical (unpaired) electrons. The van der Waals surface area contributed by atoms with E-state index in [9.17, 15) is 4.79 Å². The van der Waals surface area contributed by atoms with E-state index in [1.165, 1.54) is 18.4 Å². The normalized spacial score (nSPS) is 16.9. The predicted molar refractivity (Wildman–Crippen MR) is 109 cm³/mol. The van der Waals surface area contributed by atoms with Crippen LogP contribution in [-0.4, -0.2) is 47.0 Å².